The average molecular weight is 248 g/mol. The van der Waals surface area contributed by atoms with Crippen molar-refractivity contribution in [2.45, 2.75) is 12.1 Å². The molecule has 0 aromatic carbocycles. The van der Waals surface area contributed by atoms with Gasteiger partial charge in [0.05, 0.1) is 12.6 Å². The minimum absolute atomic E-state index is 0. The molecule has 0 radical (unpaired) electrons. The Morgan fingerprint density at radius 3 is 2.75 bits per heavy atom. The number of hydrogen-bond donors (Lipinski definition) is 1. The van der Waals surface area contributed by atoms with Crippen LogP contribution in [-0.4, -0.2) is 73.7 Å². The molecule has 3 rings (SSSR count). The minimum Gasteiger partial charge on any atom is -0.369 e. The SMILES string of the molecule is Cl.O=C1COCC2CN(C3CNC3)CCN12. The van der Waals surface area contributed by atoms with Crippen LogP contribution in [0.2, 0.25) is 0 Å². The molecule has 5 nitrogen and oxygen atoms in total. The molecule has 3 aliphatic rings. The Hall–Kier alpha value is -0.360. The number of carbonyl (C=O) groups is 1. The van der Waals surface area contributed by atoms with Crippen LogP contribution >= 0.6 is 12.4 Å². The van der Waals surface area contributed by atoms with Crippen LogP contribution in [0.4, 0.5) is 0 Å². The van der Waals surface area contributed by atoms with Crippen molar-refractivity contribution in [1.29, 1.82) is 0 Å². The van der Waals surface area contributed by atoms with E-state index in [9.17, 15) is 4.79 Å². The third-order valence-corrected chi connectivity index (χ3v) is 3.65. The lowest BCUT2D eigenvalue weighted by atomic mass is 10.1. The highest BCUT2D eigenvalue weighted by atomic mass is 35.5. The second-order valence-corrected chi connectivity index (χ2v) is 4.56. The molecule has 1 unspecified atom stereocenters. The number of morpholine rings is 1. The van der Waals surface area contributed by atoms with Crippen molar-refractivity contribution in [3.05, 3.63) is 0 Å². The second-order valence-electron chi connectivity index (χ2n) is 4.56. The van der Waals surface area contributed by atoms with E-state index in [4.69, 9.17) is 4.74 Å². The number of halogens is 1. The molecular formula is C10H18ClN3O2. The van der Waals surface area contributed by atoms with Crippen molar-refractivity contribution >= 4 is 18.3 Å². The van der Waals surface area contributed by atoms with Crippen molar-refractivity contribution in [3.8, 4) is 0 Å². The zero-order valence-electron chi connectivity index (χ0n) is 9.22. The maximum atomic E-state index is 11.6. The van der Waals surface area contributed by atoms with Gasteiger partial charge in [-0.25, -0.2) is 0 Å². The molecule has 0 bridgehead atoms. The van der Waals surface area contributed by atoms with E-state index < -0.39 is 0 Å². The van der Waals surface area contributed by atoms with Crippen LogP contribution in [0.1, 0.15) is 0 Å². The van der Waals surface area contributed by atoms with Crippen LogP contribution in [0.25, 0.3) is 0 Å². The molecule has 3 fully saturated rings. The fourth-order valence-corrected chi connectivity index (χ4v) is 2.58. The van der Waals surface area contributed by atoms with E-state index in [0.29, 0.717) is 18.7 Å². The number of amides is 1. The Morgan fingerprint density at radius 1 is 1.25 bits per heavy atom. The summed E-state index contributed by atoms with van der Waals surface area (Å²) in [6.07, 6.45) is 0. The third-order valence-electron chi connectivity index (χ3n) is 3.65. The number of rotatable bonds is 1. The van der Waals surface area contributed by atoms with Crippen LogP contribution in [0.3, 0.4) is 0 Å². The summed E-state index contributed by atoms with van der Waals surface area (Å²) in [4.78, 5) is 16.0. The lowest BCUT2D eigenvalue weighted by Crippen LogP contribution is -2.66. The Labute approximate surface area is 102 Å². The van der Waals surface area contributed by atoms with E-state index in [0.717, 1.165) is 32.7 Å². The predicted molar refractivity (Wildman–Crippen MR) is 61.8 cm³/mol. The van der Waals surface area contributed by atoms with Gasteiger partial charge in [-0.1, -0.05) is 0 Å². The molecule has 3 heterocycles. The molecule has 0 aromatic rings. The molecule has 0 aliphatic carbocycles. The molecule has 0 aromatic heterocycles. The Morgan fingerprint density at radius 2 is 2.06 bits per heavy atom. The number of carbonyl (C=O) groups excluding carboxylic acids is 1. The summed E-state index contributed by atoms with van der Waals surface area (Å²) >= 11 is 0. The smallest absolute Gasteiger partial charge is 0.248 e. The molecule has 0 saturated carbocycles. The largest absolute Gasteiger partial charge is 0.369 e. The number of hydrogen-bond acceptors (Lipinski definition) is 4. The van der Waals surface area contributed by atoms with E-state index in [2.05, 4.69) is 10.2 Å². The fourth-order valence-electron chi connectivity index (χ4n) is 2.58. The van der Waals surface area contributed by atoms with Crippen molar-refractivity contribution in [2.75, 3.05) is 45.9 Å². The summed E-state index contributed by atoms with van der Waals surface area (Å²) in [5.74, 6) is 0.164. The Bertz CT molecular complexity index is 273. The van der Waals surface area contributed by atoms with E-state index in [-0.39, 0.29) is 24.9 Å². The van der Waals surface area contributed by atoms with Crippen LogP contribution in [0.5, 0.6) is 0 Å². The third kappa shape index (κ3) is 2.05. The van der Waals surface area contributed by atoms with Crippen LogP contribution in [0, 0.1) is 0 Å². The van der Waals surface area contributed by atoms with Crippen molar-refractivity contribution in [2.24, 2.45) is 0 Å². The highest BCUT2D eigenvalue weighted by Crippen LogP contribution is 2.17. The Kier molecular flexibility index (Phi) is 3.69. The number of nitrogens with one attached hydrogen (secondary N) is 1. The van der Waals surface area contributed by atoms with Gasteiger partial charge >= 0.3 is 0 Å². The molecule has 1 N–H and O–H groups in total. The number of nitrogens with zero attached hydrogens (tertiary/aromatic N) is 2. The highest BCUT2D eigenvalue weighted by molar-refractivity contribution is 5.85. The molecular weight excluding hydrogens is 230 g/mol. The highest BCUT2D eigenvalue weighted by Gasteiger charge is 2.37. The van der Waals surface area contributed by atoms with E-state index in [1.807, 2.05) is 4.90 Å². The first-order valence-corrected chi connectivity index (χ1v) is 5.66. The van der Waals surface area contributed by atoms with Crippen molar-refractivity contribution in [3.63, 3.8) is 0 Å². The first-order chi connectivity index (χ1) is 7.34. The van der Waals surface area contributed by atoms with Crippen LogP contribution in [0.15, 0.2) is 0 Å². The monoisotopic (exact) mass is 247 g/mol. The summed E-state index contributed by atoms with van der Waals surface area (Å²) in [7, 11) is 0. The molecule has 92 valence electrons. The van der Waals surface area contributed by atoms with Gasteiger partial charge in [0.15, 0.2) is 0 Å². The molecule has 0 spiro atoms. The zero-order chi connectivity index (χ0) is 10.3. The topological polar surface area (TPSA) is 44.8 Å². The standard InChI is InChI=1S/C10H17N3O2.ClH/c14-10-7-15-6-9-5-12(1-2-13(9)10)8-3-11-4-8;/h8-9,11H,1-7H2;1H. The van der Waals surface area contributed by atoms with E-state index in [1.165, 1.54) is 0 Å². The first kappa shape index (κ1) is 12.1. The van der Waals surface area contributed by atoms with Gasteiger partial charge in [-0.05, 0) is 0 Å². The summed E-state index contributed by atoms with van der Waals surface area (Å²) in [6, 6.07) is 0.977. The van der Waals surface area contributed by atoms with Gasteiger partial charge in [0.2, 0.25) is 5.91 Å². The summed E-state index contributed by atoms with van der Waals surface area (Å²) < 4.78 is 5.30. The zero-order valence-corrected chi connectivity index (χ0v) is 10.0. The molecule has 1 amide bonds. The number of ether oxygens (including phenoxy) is 1. The van der Waals surface area contributed by atoms with Crippen LogP contribution < -0.4 is 5.32 Å². The van der Waals surface area contributed by atoms with Gasteiger partial charge in [-0.15, -0.1) is 12.4 Å². The fraction of sp³-hybridized carbons (Fsp3) is 0.900. The van der Waals surface area contributed by atoms with Gasteiger partial charge in [0.25, 0.3) is 0 Å². The van der Waals surface area contributed by atoms with E-state index in [1.54, 1.807) is 0 Å². The van der Waals surface area contributed by atoms with Gasteiger partial charge in [0.1, 0.15) is 6.61 Å². The van der Waals surface area contributed by atoms with Gasteiger partial charge in [-0.2, -0.15) is 0 Å². The summed E-state index contributed by atoms with van der Waals surface area (Å²) in [5.41, 5.74) is 0. The molecule has 3 saturated heterocycles. The number of fused-ring (bicyclic) bond motifs is 1. The minimum atomic E-state index is 0. The molecule has 1 atom stereocenters. The van der Waals surface area contributed by atoms with Gasteiger partial charge in [-0.3, -0.25) is 9.69 Å². The maximum Gasteiger partial charge on any atom is 0.248 e. The normalized spacial score (nSPS) is 31.6. The first-order valence-electron chi connectivity index (χ1n) is 5.66. The van der Waals surface area contributed by atoms with Gasteiger partial charge in [0, 0.05) is 38.8 Å². The maximum absolute atomic E-state index is 11.6. The lowest BCUT2D eigenvalue weighted by molar-refractivity contribution is -0.153. The average Bonchev–Trinajstić information content (AvgIpc) is 2.15. The summed E-state index contributed by atoms with van der Waals surface area (Å²) in [6.45, 7) is 6.07. The quantitative estimate of drug-likeness (QED) is 0.641. The lowest BCUT2D eigenvalue weighted by Gasteiger charge is -2.48. The van der Waals surface area contributed by atoms with Crippen molar-refractivity contribution in [1.82, 2.24) is 15.1 Å². The van der Waals surface area contributed by atoms with Crippen molar-refractivity contribution < 1.29 is 9.53 Å². The summed E-state index contributed by atoms with van der Waals surface area (Å²) in [5, 5.41) is 3.29. The predicted octanol–water partition coefficient (Wildman–Crippen LogP) is -1.08. The Balaban J connectivity index is 0.000000963. The molecule has 3 aliphatic heterocycles. The van der Waals surface area contributed by atoms with Crippen LogP contribution in [-0.2, 0) is 9.53 Å². The van der Waals surface area contributed by atoms with E-state index >= 15 is 0 Å². The number of piperazine rings is 1. The molecule has 6 heteroatoms. The molecule has 16 heavy (non-hydrogen) atoms. The van der Waals surface area contributed by atoms with Gasteiger partial charge < -0.3 is 15.0 Å². The second kappa shape index (κ2) is 4.87.